The summed E-state index contributed by atoms with van der Waals surface area (Å²) in [6, 6.07) is 10.5. The first-order valence-corrected chi connectivity index (χ1v) is 7.82. The molecule has 0 bridgehead atoms. The highest BCUT2D eigenvalue weighted by molar-refractivity contribution is 5.81. The second kappa shape index (κ2) is 5.78. The molecule has 1 N–H and O–H groups in total. The Hall–Kier alpha value is -1.39. The zero-order valence-corrected chi connectivity index (χ0v) is 12.7. The number of hydrogen-bond acceptors (Lipinski definition) is 3. The van der Waals surface area contributed by atoms with Gasteiger partial charge in [0, 0.05) is 39.0 Å². The summed E-state index contributed by atoms with van der Waals surface area (Å²) in [4.78, 5) is 16.6. The topological polar surface area (TPSA) is 43.8 Å². The predicted octanol–water partition coefficient (Wildman–Crippen LogP) is 1.46. The Balaban J connectivity index is 1.85. The van der Waals surface area contributed by atoms with Crippen molar-refractivity contribution in [3.8, 4) is 0 Å². The molecule has 21 heavy (non-hydrogen) atoms. The highest BCUT2D eigenvalue weighted by Crippen LogP contribution is 2.47. The van der Waals surface area contributed by atoms with Crippen LogP contribution in [0.2, 0.25) is 0 Å². The second-order valence-corrected chi connectivity index (χ2v) is 6.29. The number of amides is 1. The van der Waals surface area contributed by atoms with Crippen LogP contribution in [0.4, 0.5) is 0 Å². The van der Waals surface area contributed by atoms with Crippen LogP contribution in [0.5, 0.6) is 0 Å². The Morgan fingerprint density at radius 2 is 1.90 bits per heavy atom. The van der Waals surface area contributed by atoms with E-state index in [4.69, 9.17) is 5.11 Å². The van der Waals surface area contributed by atoms with Crippen LogP contribution in [0.25, 0.3) is 0 Å². The van der Waals surface area contributed by atoms with Crippen molar-refractivity contribution in [2.75, 3.05) is 33.3 Å². The molecule has 1 aromatic carbocycles. The monoisotopic (exact) mass is 288 g/mol. The number of likely N-dealkylation sites (N-methyl/N-ethyl adjacent to an activating group) is 1. The molecule has 1 aromatic rings. The molecule has 2 fully saturated rings. The standard InChI is InChI=1S/C17H24N2O2/c1-18-16(21)13-15(14-5-3-2-4-6-14)17(18)7-9-19(10-8-17)11-12-20/h2-6,15,20H,7-13H2,1H3/t15-/m1/s1. The minimum absolute atomic E-state index is 0.0373. The lowest BCUT2D eigenvalue weighted by molar-refractivity contribution is -0.130. The van der Waals surface area contributed by atoms with E-state index >= 15 is 0 Å². The number of benzene rings is 1. The Bertz CT molecular complexity index is 495. The first-order valence-electron chi connectivity index (χ1n) is 7.82. The molecule has 1 atom stereocenters. The first kappa shape index (κ1) is 14.5. The number of hydrogen-bond donors (Lipinski definition) is 1. The van der Waals surface area contributed by atoms with Gasteiger partial charge in [0.05, 0.1) is 12.1 Å². The number of piperidine rings is 1. The van der Waals surface area contributed by atoms with Gasteiger partial charge in [-0.05, 0) is 18.4 Å². The molecule has 4 nitrogen and oxygen atoms in total. The van der Waals surface area contributed by atoms with E-state index in [1.807, 2.05) is 18.0 Å². The maximum absolute atomic E-state index is 12.3. The Labute approximate surface area is 126 Å². The minimum atomic E-state index is -0.0373. The Morgan fingerprint density at radius 1 is 1.24 bits per heavy atom. The van der Waals surface area contributed by atoms with E-state index in [-0.39, 0.29) is 18.1 Å². The van der Waals surface area contributed by atoms with Crippen LogP contribution < -0.4 is 0 Å². The molecule has 0 saturated carbocycles. The van der Waals surface area contributed by atoms with Gasteiger partial charge in [0.25, 0.3) is 0 Å². The molecule has 2 saturated heterocycles. The molecular formula is C17H24N2O2. The van der Waals surface area contributed by atoms with E-state index in [0.717, 1.165) is 32.5 Å². The van der Waals surface area contributed by atoms with Crippen LogP contribution in [-0.4, -0.2) is 59.6 Å². The zero-order valence-electron chi connectivity index (χ0n) is 12.7. The van der Waals surface area contributed by atoms with Gasteiger partial charge in [-0.2, -0.15) is 0 Å². The van der Waals surface area contributed by atoms with Crippen LogP contribution >= 0.6 is 0 Å². The number of aliphatic hydroxyl groups excluding tert-OH is 1. The highest BCUT2D eigenvalue weighted by Gasteiger charge is 2.52. The molecule has 2 aliphatic heterocycles. The fourth-order valence-corrected chi connectivity index (χ4v) is 4.09. The van der Waals surface area contributed by atoms with Gasteiger partial charge in [0.2, 0.25) is 5.91 Å². The number of carbonyl (C=O) groups excluding carboxylic acids is 1. The molecule has 1 amide bonds. The molecule has 0 unspecified atom stereocenters. The molecule has 0 radical (unpaired) electrons. The van der Waals surface area contributed by atoms with Gasteiger partial charge in [-0.3, -0.25) is 4.79 Å². The summed E-state index contributed by atoms with van der Waals surface area (Å²) in [6.45, 7) is 2.87. The smallest absolute Gasteiger partial charge is 0.223 e. The van der Waals surface area contributed by atoms with Gasteiger partial charge in [-0.25, -0.2) is 0 Å². The van der Waals surface area contributed by atoms with E-state index in [1.165, 1.54) is 5.56 Å². The van der Waals surface area contributed by atoms with Gasteiger partial charge in [0.15, 0.2) is 0 Å². The molecule has 114 valence electrons. The largest absolute Gasteiger partial charge is 0.395 e. The summed E-state index contributed by atoms with van der Waals surface area (Å²) in [6.07, 6.45) is 2.62. The molecule has 4 heteroatoms. The quantitative estimate of drug-likeness (QED) is 0.916. The molecule has 2 aliphatic rings. The summed E-state index contributed by atoms with van der Waals surface area (Å²) in [5.74, 6) is 0.562. The Kier molecular flexibility index (Phi) is 4.00. The maximum Gasteiger partial charge on any atom is 0.223 e. The summed E-state index contributed by atoms with van der Waals surface area (Å²) in [7, 11) is 1.97. The summed E-state index contributed by atoms with van der Waals surface area (Å²) in [5, 5.41) is 9.09. The molecular weight excluding hydrogens is 264 g/mol. The molecule has 0 aromatic heterocycles. The van der Waals surface area contributed by atoms with Crippen LogP contribution in [0.3, 0.4) is 0 Å². The maximum atomic E-state index is 12.3. The van der Waals surface area contributed by atoms with Gasteiger partial charge < -0.3 is 14.9 Å². The molecule has 1 spiro atoms. The van der Waals surface area contributed by atoms with E-state index in [0.29, 0.717) is 12.3 Å². The highest BCUT2D eigenvalue weighted by atomic mass is 16.3. The number of carbonyl (C=O) groups is 1. The van der Waals surface area contributed by atoms with Crippen LogP contribution in [0.1, 0.15) is 30.7 Å². The summed E-state index contributed by atoms with van der Waals surface area (Å²) >= 11 is 0. The van der Waals surface area contributed by atoms with Crippen molar-refractivity contribution in [2.45, 2.75) is 30.7 Å². The van der Waals surface area contributed by atoms with E-state index in [9.17, 15) is 4.79 Å². The van der Waals surface area contributed by atoms with Crippen molar-refractivity contribution in [2.24, 2.45) is 0 Å². The summed E-state index contributed by atoms with van der Waals surface area (Å²) < 4.78 is 0. The average Bonchev–Trinajstić information content (AvgIpc) is 2.76. The van der Waals surface area contributed by atoms with Crippen molar-refractivity contribution in [3.63, 3.8) is 0 Å². The number of β-amino-alcohol motifs (C(OH)–C–C–N with tert-alkyl or cyclic N) is 1. The van der Waals surface area contributed by atoms with Crippen LogP contribution in [0, 0.1) is 0 Å². The number of rotatable bonds is 3. The third-order valence-electron chi connectivity index (χ3n) is 5.41. The normalized spacial score (nSPS) is 25.7. The lowest BCUT2D eigenvalue weighted by Crippen LogP contribution is -2.54. The van der Waals surface area contributed by atoms with E-state index < -0.39 is 0 Å². The summed E-state index contributed by atoms with van der Waals surface area (Å²) in [5.41, 5.74) is 1.25. The van der Waals surface area contributed by atoms with Gasteiger partial charge >= 0.3 is 0 Å². The van der Waals surface area contributed by atoms with Crippen molar-refractivity contribution in [3.05, 3.63) is 35.9 Å². The molecule has 0 aliphatic carbocycles. The average molecular weight is 288 g/mol. The number of nitrogens with zero attached hydrogens (tertiary/aromatic N) is 2. The fourth-order valence-electron chi connectivity index (χ4n) is 4.09. The zero-order chi connectivity index (χ0) is 14.9. The van der Waals surface area contributed by atoms with Crippen LogP contribution in [0.15, 0.2) is 30.3 Å². The van der Waals surface area contributed by atoms with Crippen molar-refractivity contribution in [1.29, 1.82) is 0 Å². The van der Waals surface area contributed by atoms with E-state index in [2.05, 4.69) is 29.2 Å². The van der Waals surface area contributed by atoms with E-state index in [1.54, 1.807) is 0 Å². The lowest BCUT2D eigenvalue weighted by atomic mass is 9.74. The predicted molar refractivity (Wildman–Crippen MR) is 82.1 cm³/mol. The molecule has 3 rings (SSSR count). The van der Waals surface area contributed by atoms with Crippen molar-refractivity contribution < 1.29 is 9.90 Å². The van der Waals surface area contributed by atoms with Gasteiger partial charge in [-0.15, -0.1) is 0 Å². The van der Waals surface area contributed by atoms with Crippen LogP contribution in [-0.2, 0) is 4.79 Å². The first-order chi connectivity index (χ1) is 10.2. The lowest BCUT2D eigenvalue weighted by Gasteiger charge is -2.46. The van der Waals surface area contributed by atoms with Crippen molar-refractivity contribution in [1.82, 2.24) is 9.80 Å². The third-order valence-corrected chi connectivity index (χ3v) is 5.41. The van der Waals surface area contributed by atoms with Gasteiger partial charge in [-0.1, -0.05) is 30.3 Å². The Morgan fingerprint density at radius 3 is 2.52 bits per heavy atom. The number of aliphatic hydroxyl groups is 1. The third kappa shape index (κ3) is 2.47. The second-order valence-electron chi connectivity index (χ2n) is 6.29. The molecule has 2 heterocycles. The minimum Gasteiger partial charge on any atom is -0.395 e. The van der Waals surface area contributed by atoms with Gasteiger partial charge in [0.1, 0.15) is 0 Å². The fraction of sp³-hybridized carbons (Fsp3) is 0.588. The van der Waals surface area contributed by atoms with Crippen molar-refractivity contribution >= 4 is 5.91 Å². The number of likely N-dealkylation sites (tertiary alicyclic amines) is 2. The SMILES string of the molecule is CN1C(=O)C[C@H](c2ccccc2)C12CCN(CCO)CC2.